The van der Waals surface area contributed by atoms with E-state index in [1.165, 1.54) is 23.1 Å². The molecule has 2 aromatic rings. The standard InChI is InChI=1S/C18H20FN3O2S/c19-15-4-1-3-14(11-15)18(24)20-12-17(23)22-8-6-21(7-9-22)13-16-5-2-10-25-16/h1-5,10-11H,6-9,12-13H2,(H,20,24). The van der Waals surface area contributed by atoms with Gasteiger partial charge in [0.1, 0.15) is 5.82 Å². The molecule has 1 N–H and O–H groups in total. The van der Waals surface area contributed by atoms with E-state index in [0.29, 0.717) is 13.1 Å². The van der Waals surface area contributed by atoms with Crippen LogP contribution in [-0.2, 0) is 11.3 Å². The van der Waals surface area contributed by atoms with Crippen LogP contribution in [0.5, 0.6) is 0 Å². The summed E-state index contributed by atoms with van der Waals surface area (Å²) in [4.78, 5) is 29.6. The number of thiophene rings is 1. The molecule has 0 saturated carbocycles. The first-order valence-corrected chi connectivity index (χ1v) is 9.06. The molecule has 0 radical (unpaired) electrons. The summed E-state index contributed by atoms with van der Waals surface area (Å²) < 4.78 is 13.1. The third-order valence-corrected chi connectivity index (χ3v) is 5.03. The fourth-order valence-corrected chi connectivity index (χ4v) is 3.52. The Morgan fingerprint density at radius 1 is 1.12 bits per heavy atom. The number of piperazine rings is 1. The molecule has 7 heteroatoms. The Morgan fingerprint density at radius 3 is 2.60 bits per heavy atom. The van der Waals surface area contributed by atoms with Crippen LogP contribution in [0, 0.1) is 5.82 Å². The summed E-state index contributed by atoms with van der Waals surface area (Å²) in [6.07, 6.45) is 0. The Kier molecular flexibility index (Phi) is 5.78. The van der Waals surface area contributed by atoms with Gasteiger partial charge in [0, 0.05) is 43.2 Å². The molecule has 25 heavy (non-hydrogen) atoms. The Morgan fingerprint density at radius 2 is 1.92 bits per heavy atom. The van der Waals surface area contributed by atoms with Crippen LogP contribution in [0.15, 0.2) is 41.8 Å². The van der Waals surface area contributed by atoms with E-state index in [2.05, 4.69) is 21.7 Å². The van der Waals surface area contributed by atoms with Crippen molar-refractivity contribution in [1.82, 2.24) is 15.1 Å². The summed E-state index contributed by atoms with van der Waals surface area (Å²) in [7, 11) is 0. The van der Waals surface area contributed by atoms with E-state index in [-0.39, 0.29) is 18.0 Å². The van der Waals surface area contributed by atoms with Crippen LogP contribution in [0.1, 0.15) is 15.2 Å². The highest BCUT2D eigenvalue weighted by Gasteiger charge is 2.21. The summed E-state index contributed by atoms with van der Waals surface area (Å²) in [5.41, 5.74) is 0.216. The summed E-state index contributed by atoms with van der Waals surface area (Å²) in [6, 6.07) is 9.58. The molecule has 2 amide bonds. The van der Waals surface area contributed by atoms with Crippen molar-refractivity contribution in [3.8, 4) is 0 Å². The molecular weight excluding hydrogens is 341 g/mol. The van der Waals surface area contributed by atoms with Gasteiger partial charge in [0.05, 0.1) is 6.54 Å². The third kappa shape index (κ3) is 4.87. The molecule has 1 aliphatic heterocycles. The molecule has 5 nitrogen and oxygen atoms in total. The molecule has 1 fully saturated rings. The van der Waals surface area contributed by atoms with Gasteiger partial charge in [0.15, 0.2) is 0 Å². The number of amides is 2. The minimum Gasteiger partial charge on any atom is -0.343 e. The topological polar surface area (TPSA) is 52.7 Å². The third-order valence-electron chi connectivity index (χ3n) is 4.17. The highest BCUT2D eigenvalue weighted by atomic mass is 32.1. The normalized spacial score (nSPS) is 15.2. The maximum Gasteiger partial charge on any atom is 0.251 e. The van der Waals surface area contributed by atoms with Crippen molar-refractivity contribution in [2.45, 2.75) is 6.54 Å². The van der Waals surface area contributed by atoms with Gasteiger partial charge in [-0.3, -0.25) is 14.5 Å². The van der Waals surface area contributed by atoms with Crippen LogP contribution in [-0.4, -0.2) is 54.3 Å². The van der Waals surface area contributed by atoms with Crippen molar-refractivity contribution in [2.24, 2.45) is 0 Å². The largest absolute Gasteiger partial charge is 0.343 e. The van der Waals surface area contributed by atoms with Crippen molar-refractivity contribution in [3.63, 3.8) is 0 Å². The Balaban J connectivity index is 1.42. The SMILES string of the molecule is O=C(NCC(=O)N1CCN(Cc2cccs2)CC1)c1cccc(F)c1. The average Bonchev–Trinajstić information content (AvgIpc) is 3.13. The maximum atomic E-state index is 13.1. The predicted octanol–water partition coefficient (Wildman–Crippen LogP) is 1.96. The molecule has 0 aliphatic carbocycles. The minimum atomic E-state index is -0.471. The Bertz CT molecular complexity index is 728. The van der Waals surface area contributed by atoms with Gasteiger partial charge in [-0.15, -0.1) is 11.3 Å². The second-order valence-electron chi connectivity index (χ2n) is 5.93. The zero-order valence-electron chi connectivity index (χ0n) is 13.8. The Hall–Kier alpha value is -2.25. The second kappa shape index (κ2) is 8.22. The van der Waals surface area contributed by atoms with E-state index in [4.69, 9.17) is 0 Å². The summed E-state index contributed by atoms with van der Waals surface area (Å²) in [5, 5.41) is 4.63. The van der Waals surface area contributed by atoms with Gasteiger partial charge in [0.25, 0.3) is 5.91 Å². The highest BCUT2D eigenvalue weighted by molar-refractivity contribution is 7.09. The van der Waals surface area contributed by atoms with Crippen LogP contribution in [0.4, 0.5) is 4.39 Å². The summed E-state index contributed by atoms with van der Waals surface area (Å²) in [5.74, 6) is -1.02. The van der Waals surface area contributed by atoms with E-state index in [9.17, 15) is 14.0 Å². The van der Waals surface area contributed by atoms with Crippen molar-refractivity contribution in [1.29, 1.82) is 0 Å². The lowest BCUT2D eigenvalue weighted by atomic mass is 10.2. The van der Waals surface area contributed by atoms with Crippen molar-refractivity contribution in [3.05, 3.63) is 58.0 Å². The zero-order valence-corrected chi connectivity index (χ0v) is 14.6. The average molecular weight is 361 g/mol. The number of benzene rings is 1. The van der Waals surface area contributed by atoms with Gasteiger partial charge < -0.3 is 10.2 Å². The van der Waals surface area contributed by atoms with Crippen LogP contribution < -0.4 is 5.32 Å². The molecule has 0 spiro atoms. The van der Waals surface area contributed by atoms with E-state index < -0.39 is 11.7 Å². The Labute approximate surface area is 150 Å². The highest BCUT2D eigenvalue weighted by Crippen LogP contribution is 2.13. The molecule has 0 atom stereocenters. The van der Waals surface area contributed by atoms with Gasteiger partial charge in [-0.2, -0.15) is 0 Å². The molecule has 2 heterocycles. The molecular formula is C18H20FN3O2S. The van der Waals surface area contributed by atoms with E-state index in [1.54, 1.807) is 16.2 Å². The van der Waals surface area contributed by atoms with Gasteiger partial charge in [-0.25, -0.2) is 4.39 Å². The van der Waals surface area contributed by atoms with Crippen LogP contribution >= 0.6 is 11.3 Å². The number of carbonyl (C=O) groups is 2. The quantitative estimate of drug-likeness (QED) is 0.886. The monoisotopic (exact) mass is 361 g/mol. The van der Waals surface area contributed by atoms with Crippen LogP contribution in [0.25, 0.3) is 0 Å². The lowest BCUT2D eigenvalue weighted by molar-refractivity contribution is -0.131. The lowest BCUT2D eigenvalue weighted by Gasteiger charge is -2.34. The first-order valence-electron chi connectivity index (χ1n) is 8.18. The maximum absolute atomic E-state index is 13.1. The molecule has 3 rings (SSSR count). The van der Waals surface area contributed by atoms with Gasteiger partial charge in [-0.05, 0) is 29.6 Å². The van der Waals surface area contributed by atoms with Gasteiger partial charge >= 0.3 is 0 Å². The zero-order chi connectivity index (χ0) is 17.6. The molecule has 0 bridgehead atoms. The lowest BCUT2D eigenvalue weighted by Crippen LogP contribution is -2.50. The molecule has 1 aromatic carbocycles. The van der Waals surface area contributed by atoms with Crippen molar-refractivity contribution < 1.29 is 14.0 Å². The second-order valence-corrected chi connectivity index (χ2v) is 6.96. The number of nitrogens with zero attached hydrogens (tertiary/aromatic N) is 2. The van der Waals surface area contributed by atoms with E-state index >= 15 is 0 Å². The number of hydrogen-bond donors (Lipinski definition) is 1. The van der Waals surface area contributed by atoms with Crippen LogP contribution in [0.2, 0.25) is 0 Å². The van der Waals surface area contributed by atoms with Crippen molar-refractivity contribution >= 4 is 23.2 Å². The minimum absolute atomic E-state index is 0.0692. The molecule has 132 valence electrons. The molecule has 1 aliphatic rings. The number of hydrogen-bond acceptors (Lipinski definition) is 4. The predicted molar refractivity (Wildman–Crippen MR) is 94.9 cm³/mol. The molecule has 1 aromatic heterocycles. The number of nitrogens with one attached hydrogen (secondary N) is 1. The molecule has 1 saturated heterocycles. The molecule has 0 unspecified atom stereocenters. The fourth-order valence-electron chi connectivity index (χ4n) is 2.78. The van der Waals surface area contributed by atoms with Gasteiger partial charge in [-0.1, -0.05) is 12.1 Å². The number of rotatable bonds is 5. The van der Waals surface area contributed by atoms with E-state index in [1.807, 2.05) is 6.07 Å². The smallest absolute Gasteiger partial charge is 0.251 e. The fraction of sp³-hybridized carbons (Fsp3) is 0.333. The summed E-state index contributed by atoms with van der Waals surface area (Å²) in [6.45, 7) is 3.79. The van der Waals surface area contributed by atoms with Crippen molar-refractivity contribution in [2.75, 3.05) is 32.7 Å². The van der Waals surface area contributed by atoms with Gasteiger partial charge in [0.2, 0.25) is 5.91 Å². The number of halogens is 1. The first-order chi connectivity index (χ1) is 12.1. The summed E-state index contributed by atoms with van der Waals surface area (Å²) >= 11 is 1.74. The first kappa shape index (κ1) is 17.6. The van der Waals surface area contributed by atoms with E-state index in [0.717, 1.165) is 25.7 Å². The van der Waals surface area contributed by atoms with Crippen LogP contribution in [0.3, 0.4) is 0 Å². The number of carbonyl (C=O) groups excluding carboxylic acids is 2.